The van der Waals surface area contributed by atoms with E-state index in [0.29, 0.717) is 0 Å². The predicted molar refractivity (Wildman–Crippen MR) is 115 cm³/mol. The smallest absolute Gasteiger partial charge is 0.324 e. The molecule has 2 aromatic carbocycles. The van der Waals surface area contributed by atoms with Crippen molar-refractivity contribution in [2.24, 2.45) is 0 Å². The van der Waals surface area contributed by atoms with Crippen LogP contribution in [0.25, 0.3) is 10.8 Å². The zero-order valence-electron chi connectivity index (χ0n) is 16.2. The maximum absolute atomic E-state index is 9.69. The molecule has 0 aliphatic carbocycles. The van der Waals surface area contributed by atoms with Gasteiger partial charge in [0.25, 0.3) is 0 Å². The molecule has 0 aliphatic heterocycles. The number of halogens is 1. The first-order valence-corrected chi connectivity index (χ1v) is 12.2. The van der Waals surface area contributed by atoms with Crippen LogP contribution in [0.1, 0.15) is 38.8 Å². The van der Waals surface area contributed by atoms with E-state index in [-0.39, 0.29) is 24.7 Å². The molecule has 0 saturated carbocycles. The van der Waals surface area contributed by atoms with Crippen LogP contribution in [0, 0.1) is 0 Å². The van der Waals surface area contributed by atoms with Crippen molar-refractivity contribution in [2.45, 2.75) is 40.5 Å². The van der Waals surface area contributed by atoms with E-state index in [4.69, 9.17) is 19.6 Å². The zero-order chi connectivity index (χ0) is 20.4. The van der Waals surface area contributed by atoms with Crippen molar-refractivity contribution in [2.75, 3.05) is 12.3 Å². The lowest BCUT2D eigenvalue weighted by atomic mass is 9.96. The van der Waals surface area contributed by atoms with Crippen LogP contribution in [-0.2, 0) is 22.0 Å². The average molecular weight is 441 g/mol. The fourth-order valence-corrected chi connectivity index (χ4v) is 2.13. The third kappa shape index (κ3) is 12.4. The molecule has 6 nitrogen and oxygen atoms in total. The Kier molecular flexibility index (Phi) is 14.2. The highest BCUT2D eigenvalue weighted by Gasteiger charge is 2.05. The third-order valence-corrected chi connectivity index (χ3v) is 5.34. The van der Waals surface area contributed by atoms with E-state index in [1.165, 1.54) is 35.7 Å². The van der Waals surface area contributed by atoms with Crippen LogP contribution in [0.15, 0.2) is 36.4 Å². The molecule has 0 fully saturated rings. The summed E-state index contributed by atoms with van der Waals surface area (Å²) in [5.41, 5.74) is 3.01. The largest absolute Gasteiger partial charge is 0.325 e. The topological polar surface area (TPSA) is 115 Å². The van der Waals surface area contributed by atoms with Crippen LogP contribution in [0.5, 0.6) is 0 Å². The molecule has 0 bridgehead atoms. The van der Waals surface area contributed by atoms with Gasteiger partial charge in [-0.2, -0.15) is 0 Å². The summed E-state index contributed by atoms with van der Waals surface area (Å²) in [6, 6.07) is 13.1. The molecule has 2 rings (SSSR count). The van der Waals surface area contributed by atoms with E-state index in [1.54, 1.807) is 0 Å². The van der Waals surface area contributed by atoms with E-state index in [0.717, 1.165) is 12.8 Å². The summed E-state index contributed by atoms with van der Waals surface area (Å²) >= 11 is 0. The maximum Gasteiger partial charge on any atom is 0.325 e. The molecule has 0 spiro atoms. The summed E-state index contributed by atoms with van der Waals surface area (Å²) in [6.07, 6.45) is 2.14. The van der Waals surface area contributed by atoms with Crippen LogP contribution >= 0.6 is 27.6 Å². The maximum atomic E-state index is 9.69. The molecule has 0 unspecified atom stereocenters. The van der Waals surface area contributed by atoms with Crippen molar-refractivity contribution in [1.82, 2.24) is 0 Å². The van der Waals surface area contributed by atoms with Crippen molar-refractivity contribution >= 4 is 38.4 Å². The lowest BCUT2D eigenvalue weighted by Gasteiger charge is -2.09. The highest BCUT2D eigenvalue weighted by Crippen LogP contribution is 2.33. The van der Waals surface area contributed by atoms with Crippen molar-refractivity contribution < 1.29 is 28.7 Å². The van der Waals surface area contributed by atoms with Crippen LogP contribution in [0.4, 0.5) is 0 Å². The van der Waals surface area contributed by atoms with E-state index < -0.39 is 15.2 Å². The first-order valence-electron chi connectivity index (χ1n) is 8.57. The Morgan fingerprint density at radius 2 is 1.19 bits per heavy atom. The summed E-state index contributed by atoms with van der Waals surface area (Å²) in [5, 5.41) is 2.79. The van der Waals surface area contributed by atoms with Gasteiger partial charge >= 0.3 is 15.2 Å². The monoisotopic (exact) mass is 440 g/mol. The quantitative estimate of drug-likeness (QED) is 0.510. The van der Waals surface area contributed by atoms with Crippen LogP contribution in [-0.4, -0.2) is 31.9 Å². The Balaban J connectivity index is 0. The molecular weight excluding hydrogens is 410 g/mol. The number of aryl methyl sites for hydroxylation is 2. The van der Waals surface area contributed by atoms with Gasteiger partial charge in [0.15, 0.2) is 0 Å². The van der Waals surface area contributed by atoms with Gasteiger partial charge in [0.1, 0.15) is 0 Å². The summed E-state index contributed by atoms with van der Waals surface area (Å²) < 4.78 is 19.4. The highest BCUT2D eigenvalue weighted by molar-refractivity contribution is 7.51. The molecule has 0 saturated heterocycles. The number of benzene rings is 2. The fraction of sp³-hybridized carbons (Fsp3) is 0.444. The number of rotatable bonds is 4. The summed E-state index contributed by atoms with van der Waals surface area (Å²) in [4.78, 5) is 31.8. The van der Waals surface area contributed by atoms with Crippen LogP contribution in [0.2, 0.25) is 0 Å². The Morgan fingerprint density at radius 3 is 1.56 bits per heavy atom. The first-order chi connectivity index (χ1) is 12.0. The molecule has 4 N–H and O–H groups in total. The van der Waals surface area contributed by atoms with Gasteiger partial charge in [0, 0.05) is 12.3 Å². The second-order valence-electron chi connectivity index (χ2n) is 5.59. The highest BCUT2D eigenvalue weighted by atomic mass is 35.5. The molecule has 0 aliphatic rings. The lowest BCUT2D eigenvalue weighted by Crippen LogP contribution is -1.92. The number of hydrogen-bond donors (Lipinski definition) is 4. The van der Waals surface area contributed by atoms with Crippen LogP contribution in [0.3, 0.4) is 0 Å². The Labute approximate surface area is 167 Å². The molecule has 9 heteroatoms. The molecule has 27 heavy (non-hydrogen) atoms. The number of fused-ring (bicyclic) bond motifs is 1. The minimum atomic E-state index is -3.65. The van der Waals surface area contributed by atoms with Gasteiger partial charge in [0.05, 0.1) is 0 Å². The molecule has 0 atom stereocenters. The Morgan fingerprint density at radius 1 is 0.741 bits per heavy atom. The van der Waals surface area contributed by atoms with Gasteiger partial charge in [-0.15, -0.1) is 12.4 Å². The fourth-order valence-electron chi connectivity index (χ4n) is 2.13. The summed E-state index contributed by atoms with van der Waals surface area (Å²) in [6.45, 7) is 7.35. The van der Waals surface area contributed by atoms with Gasteiger partial charge in [-0.05, 0) is 34.7 Å². The predicted octanol–water partition coefficient (Wildman–Crippen LogP) is 4.75. The Hall–Kier alpha value is -0.710. The van der Waals surface area contributed by atoms with E-state index in [1.807, 2.05) is 0 Å². The Bertz CT molecular complexity index is 748. The molecule has 0 radical (unpaired) electrons. The van der Waals surface area contributed by atoms with Crippen molar-refractivity contribution in [1.29, 1.82) is 0 Å². The minimum absolute atomic E-state index is 0. The van der Waals surface area contributed by atoms with Gasteiger partial charge in [-0.3, -0.25) is 9.13 Å². The van der Waals surface area contributed by atoms with Gasteiger partial charge in [0.2, 0.25) is 0 Å². The van der Waals surface area contributed by atoms with Crippen molar-refractivity contribution in [3.63, 3.8) is 0 Å². The summed E-state index contributed by atoms with van der Waals surface area (Å²) in [5.74, 6) is 0. The van der Waals surface area contributed by atoms with Gasteiger partial charge < -0.3 is 19.6 Å². The average Bonchev–Trinajstić information content (AvgIpc) is 2.60. The normalized spacial score (nSPS) is 10.8. The van der Waals surface area contributed by atoms with Gasteiger partial charge in [-0.25, -0.2) is 0 Å². The van der Waals surface area contributed by atoms with E-state index in [2.05, 4.69) is 50.2 Å². The second-order valence-corrected chi connectivity index (χ2v) is 9.52. The van der Waals surface area contributed by atoms with Crippen LogP contribution < -0.4 is 0 Å². The number of hydrogen-bond acceptors (Lipinski definition) is 2. The molecular formula is C18H31ClO6P2. The molecule has 0 amide bonds. The molecule has 156 valence electrons. The standard InChI is InChI=1S/C14H16.2C2H7O3P.ClH/c1-3-11-9-10-12-7-5-6-8-14(12)13(11)4-2;2*1-2-6(3,4)5;/h5-10H,3-4H2,1-2H3;2*2H2,1H3,(H2,3,4,5);1H. The SMILES string of the molecule is CCP(=O)(O)O.CCP(=O)(O)O.CCc1ccc2ccccc2c1CC.Cl. The third-order valence-electron chi connectivity index (χ3n) is 3.70. The molecule has 0 aromatic heterocycles. The van der Waals surface area contributed by atoms with Crippen molar-refractivity contribution in [3.05, 3.63) is 47.5 Å². The molecule has 0 heterocycles. The van der Waals surface area contributed by atoms with E-state index in [9.17, 15) is 9.13 Å². The van der Waals surface area contributed by atoms with Crippen molar-refractivity contribution in [3.8, 4) is 0 Å². The van der Waals surface area contributed by atoms with Gasteiger partial charge in [-0.1, -0.05) is 64.1 Å². The second kappa shape index (κ2) is 13.5. The van der Waals surface area contributed by atoms with E-state index >= 15 is 0 Å². The summed E-state index contributed by atoms with van der Waals surface area (Å²) in [7, 11) is -7.29. The first kappa shape index (κ1) is 28.5. The molecule has 2 aromatic rings. The minimum Gasteiger partial charge on any atom is -0.324 e. The zero-order valence-corrected chi connectivity index (χ0v) is 18.8. The lowest BCUT2D eigenvalue weighted by molar-refractivity contribution is 0.372.